The number of aliphatic hydroxyl groups excluding tert-OH is 1. The maximum absolute atomic E-state index is 12.3. The van der Waals surface area contributed by atoms with Crippen molar-refractivity contribution >= 4 is 17.7 Å². The molecule has 0 bridgehead atoms. The summed E-state index contributed by atoms with van der Waals surface area (Å²) in [6, 6.07) is 13.0. The lowest BCUT2D eigenvalue weighted by Crippen LogP contribution is -2.51. The van der Waals surface area contributed by atoms with Crippen molar-refractivity contribution in [3.05, 3.63) is 70.8 Å². The number of hydroxylamine groups is 1. The molecule has 2 unspecified atom stereocenters. The molecule has 9 nitrogen and oxygen atoms in total. The molecule has 0 aliphatic carbocycles. The molecule has 2 aromatic carbocycles. The van der Waals surface area contributed by atoms with Crippen LogP contribution in [0.3, 0.4) is 0 Å². The molecule has 0 saturated carbocycles. The van der Waals surface area contributed by atoms with E-state index in [1.165, 1.54) is 19.3 Å². The van der Waals surface area contributed by atoms with Crippen molar-refractivity contribution in [2.45, 2.75) is 32.5 Å². The van der Waals surface area contributed by atoms with Crippen LogP contribution >= 0.6 is 0 Å². The van der Waals surface area contributed by atoms with Crippen molar-refractivity contribution in [3.8, 4) is 11.8 Å². The van der Waals surface area contributed by atoms with Crippen molar-refractivity contribution in [3.63, 3.8) is 0 Å². The van der Waals surface area contributed by atoms with E-state index in [2.05, 4.69) is 27.8 Å². The third-order valence-electron chi connectivity index (χ3n) is 4.62. The first-order chi connectivity index (χ1) is 15.8. The first-order valence-corrected chi connectivity index (χ1v) is 10.4. The Labute approximate surface area is 192 Å². The summed E-state index contributed by atoms with van der Waals surface area (Å²) in [4.78, 5) is 34.7. The zero-order valence-corrected chi connectivity index (χ0v) is 18.5. The minimum Gasteiger partial charge on any atom is -0.391 e. The van der Waals surface area contributed by atoms with Gasteiger partial charge in [-0.15, -0.1) is 0 Å². The normalized spacial score (nSPS) is 12.0. The SMILES string of the molecule is CC(=O)NCCNCc1ccc(C#Cc2ccc(C(=O)NC(C(=O)NO)C(C)O)cc2)cc1. The molecule has 33 heavy (non-hydrogen) atoms. The Morgan fingerprint density at radius 3 is 2.03 bits per heavy atom. The second kappa shape index (κ2) is 13.0. The number of hydrogen-bond donors (Lipinski definition) is 6. The molecule has 0 aliphatic heterocycles. The fraction of sp³-hybridized carbons (Fsp3) is 0.292. The molecule has 9 heteroatoms. The van der Waals surface area contributed by atoms with E-state index in [1.807, 2.05) is 24.3 Å². The standard InChI is InChI=1S/C24H28N4O5/c1-16(29)22(24(32)28-33)27-23(31)21-11-9-19(10-12-21)4-3-18-5-7-20(8-6-18)15-25-13-14-26-17(2)30/h5-12,16,22,25,29,33H,13-15H2,1-2H3,(H,26,30)(H,27,31)(H,28,32). The average Bonchev–Trinajstić information content (AvgIpc) is 2.81. The molecule has 0 spiro atoms. The monoisotopic (exact) mass is 452 g/mol. The molecule has 6 N–H and O–H groups in total. The van der Waals surface area contributed by atoms with Crippen LogP contribution in [0.15, 0.2) is 48.5 Å². The van der Waals surface area contributed by atoms with Crippen LogP contribution in [0.5, 0.6) is 0 Å². The molecule has 0 aromatic heterocycles. The summed E-state index contributed by atoms with van der Waals surface area (Å²) in [5.74, 6) is 4.57. The summed E-state index contributed by atoms with van der Waals surface area (Å²) in [6.45, 7) is 4.77. The quantitative estimate of drug-likeness (QED) is 0.140. The van der Waals surface area contributed by atoms with Gasteiger partial charge in [-0.2, -0.15) is 0 Å². The highest BCUT2D eigenvalue weighted by Gasteiger charge is 2.25. The second-order valence-electron chi connectivity index (χ2n) is 7.35. The molecule has 2 atom stereocenters. The Hall–Kier alpha value is -3.71. The van der Waals surface area contributed by atoms with Gasteiger partial charge in [-0.1, -0.05) is 24.0 Å². The molecule has 2 rings (SSSR count). The van der Waals surface area contributed by atoms with E-state index in [4.69, 9.17) is 5.21 Å². The van der Waals surface area contributed by atoms with Gasteiger partial charge in [0.2, 0.25) is 5.91 Å². The van der Waals surface area contributed by atoms with Crippen molar-refractivity contribution in [1.82, 2.24) is 21.4 Å². The highest BCUT2D eigenvalue weighted by atomic mass is 16.5. The van der Waals surface area contributed by atoms with E-state index in [0.717, 1.165) is 11.1 Å². The lowest BCUT2D eigenvalue weighted by atomic mass is 10.1. The number of benzene rings is 2. The molecule has 3 amide bonds. The van der Waals surface area contributed by atoms with Crippen LogP contribution in [0.4, 0.5) is 0 Å². The number of amides is 3. The van der Waals surface area contributed by atoms with Crippen molar-refractivity contribution in [2.24, 2.45) is 0 Å². The van der Waals surface area contributed by atoms with Crippen LogP contribution in [0.25, 0.3) is 0 Å². The van der Waals surface area contributed by atoms with Gasteiger partial charge in [0.25, 0.3) is 11.8 Å². The van der Waals surface area contributed by atoms with Crippen LogP contribution in [-0.4, -0.2) is 53.3 Å². The Bertz CT molecular complexity index is 1010. The summed E-state index contributed by atoms with van der Waals surface area (Å²) in [5.41, 5.74) is 4.35. The van der Waals surface area contributed by atoms with Gasteiger partial charge in [-0.3, -0.25) is 19.6 Å². The van der Waals surface area contributed by atoms with Gasteiger partial charge in [0, 0.05) is 43.2 Å². The topological polar surface area (TPSA) is 140 Å². The van der Waals surface area contributed by atoms with Crippen molar-refractivity contribution in [1.29, 1.82) is 0 Å². The van der Waals surface area contributed by atoms with E-state index >= 15 is 0 Å². The van der Waals surface area contributed by atoms with E-state index < -0.39 is 24.0 Å². The smallest absolute Gasteiger partial charge is 0.268 e. The number of aliphatic hydroxyl groups is 1. The minimum atomic E-state index is -1.28. The molecule has 174 valence electrons. The first kappa shape index (κ1) is 25.5. The van der Waals surface area contributed by atoms with Gasteiger partial charge in [-0.25, -0.2) is 5.48 Å². The molecular weight excluding hydrogens is 424 g/mol. The number of hydrogen-bond acceptors (Lipinski definition) is 6. The fourth-order valence-electron chi connectivity index (χ4n) is 2.81. The van der Waals surface area contributed by atoms with Gasteiger partial charge in [0.05, 0.1) is 6.10 Å². The van der Waals surface area contributed by atoms with Gasteiger partial charge in [-0.05, 0) is 48.9 Å². The van der Waals surface area contributed by atoms with Gasteiger partial charge >= 0.3 is 0 Å². The third kappa shape index (κ3) is 8.74. The highest BCUT2D eigenvalue weighted by Crippen LogP contribution is 2.07. The van der Waals surface area contributed by atoms with E-state index in [0.29, 0.717) is 25.2 Å². The minimum absolute atomic E-state index is 0.0466. The highest BCUT2D eigenvalue weighted by molar-refractivity contribution is 5.97. The Morgan fingerprint density at radius 1 is 0.939 bits per heavy atom. The maximum Gasteiger partial charge on any atom is 0.268 e. The van der Waals surface area contributed by atoms with Gasteiger partial charge < -0.3 is 21.1 Å². The van der Waals surface area contributed by atoms with Gasteiger partial charge in [0.1, 0.15) is 6.04 Å². The maximum atomic E-state index is 12.3. The lowest BCUT2D eigenvalue weighted by Gasteiger charge is -2.19. The van der Waals surface area contributed by atoms with Crippen LogP contribution in [0, 0.1) is 11.8 Å². The number of carbonyl (C=O) groups excluding carboxylic acids is 3. The number of carbonyl (C=O) groups is 3. The van der Waals surface area contributed by atoms with Crippen molar-refractivity contribution < 1.29 is 24.7 Å². The summed E-state index contributed by atoms with van der Waals surface area (Å²) in [6.07, 6.45) is -1.18. The fourth-order valence-corrected chi connectivity index (χ4v) is 2.81. The predicted octanol–water partition coefficient (Wildman–Crippen LogP) is 0.297. The first-order valence-electron chi connectivity index (χ1n) is 10.4. The van der Waals surface area contributed by atoms with Gasteiger partial charge in [0.15, 0.2) is 0 Å². The Morgan fingerprint density at radius 2 is 1.52 bits per heavy atom. The van der Waals surface area contributed by atoms with Crippen LogP contribution in [-0.2, 0) is 16.1 Å². The Kier molecular flexibility index (Phi) is 10.0. The van der Waals surface area contributed by atoms with E-state index in [9.17, 15) is 19.5 Å². The average molecular weight is 453 g/mol. The van der Waals surface area contributed by atoms with E-state index in [-0.39, 0.29) is 11.5 Å². The Balaban J connectivity index is 1.91. The predicted molar refractivity (Wildman–Crippen MR) is 122 cm³/mol. The van der Waals surface area contributed by atoms with Crippen LogP contribution in [0.2, 0.25) is 0 Å². The molecule has 0 aliphatic rings. The molecule has 0 heterocycles. The third-order valence-corrected chi connectivity index (χ3v) is 4.62. The summed E-state index contributed by atoms with van der Waals surface area (Å²) >= 11 is 0. The summed E-state index contributed by atoms with van der Waals surface area (Å²) < 4.78 is 0. The zero-order chi connectivity index (χ0) is 24.2. The number of nitrogens with one attached hydrogen (secondary N) is 4. The zero-order valence-electron chi connectivity index (χ0n) is 18.5. The largest absolute Gasteiger partial charge is 0.391 e. The summed E-state index contributed by atoms with van der Waals surface area (Å²) in [7, 11) is 0. The molecule has 0 radical (unpaired) electrons. The summed E-state index contributed by atoms with van der Waals surface area (Å²) in [5, 5.41) is 26.7. The molecule has 0 saturated heterocycles. The molecule has 0 fully saturated rings. The molecule has 2 aromatic rings. The number of rotatable bonds is 9. The second-order valence-corrected chi connectivity index (χ2v) is 7.35. The van der Waals surface area contributed by atoms with Crippen molar-refractivity contribution in [2.75, 3.05) is 13.1 Å². The van der Waals surface area contributed by atoms with Crippen LogP contribution in [0.1, 0.15) is 40.9 Å². The lowest BCUT2D eigenvalue weighted by molar-refractivity contribution is -0.133. The molecular formula is C24H28N4O5. The van der Waals surface area contributed by atoms with E-state index in [1.54, 1.807) is 24.3 Å². The van der Waals surface area contributed by atoms with Crippen LogP contribution < -0.4 is 21.4 Å².